The van der Waals surface area contributed by atoms with Crippen LogP contribution in [-0.2, 0) is 9.53 Å². The van der Waals surface area contributed by atoms with Gasteiger partial charge in [-0.1, -0.05) is 6.07 Å². The summed E-state index contributed by atoms with van der Waals surface area (Å²) in [5, 5.41) is 0. The Labute approximate surface area is 181 Å². The van der Waals surface area contributed by atoms with Crippen molar-refractivity contribution in [2.24, 2.45) is 11.3 Å². The van der Waals surface area contributed by atoms with Crippen molar-refractivity contribution in [3.8, 4) is 0 Å². The SMILES string of the molecule is O=C(c1ccoc1)N1CCC[C@@]2(C(=O)N3CCOCC3)CN(c3ccccn3)C[C@H]2C1. The Bertz CT molecular complexity index is 913. The number of likely N-dealkylation sites (tertiary alicyclic amines) is 1. The minimum absolute atomic E-state index is 0.0281. The first kappa shape index (κ1) is 20.1. The Morgan fingerprint density at radius 2 is 1.94 bits per heavy atom. The van der Waals surface area contributed by atoms with Crippen LogP contribution in [0.5, 0.6) is 0 Å². The van der Waals surface area contributed by atoms with Gasteiger partial charge < -0.3 is 23.9 Å². The third kappa shape index (κ3) is 3.69. The molecule has 8 nitrogen and oxygen atoms in total. The van der Waals surface area contributed by atoms with Gasteiger partial charge in [0.1, 0.15) is 12.1 Å². The van der Waals surface area contributed by atoms with E-state index in [-0.39, 0.29) is 17.7 Å². The number of aromatic nitrogens is 1. The summed E-state index contributed by atoms with van der Waals surface area (Å²) < 4.78 is 10.6. The highest BCUT2D eigenvalue weighted by molar-refractivity contribution is 5.94. The van der Waals surface area contributed by atoms with Crippen molar-refractivity contribution >= 4 is 17.6 Å². The number of hydrogen-bond donors (Lipinski definition) is 0. The Kier molecular flexibility index (Phi) is 5.40. The van der Waals surface area contributed by atoms with Crippen LogP contribution in [0.2, 0.25) is 0 Å². The number of furan rings is 1. The number of carbonyl (C=O) groups is 2. The van der Waals surface area contributed by atoms with E-state index in [1.807, 2.05) is 28.0 Å². The third-order valence-corrected chi connectivity index (χ3v) is 6.94. The number of fused-ring (bicyclic) bond motifs is 1. The van der Waals surface area contributed by atoms with Gasteiger partial charge in [-0.2, -0.15) is 0 Å². The van der Waals surface area contributed by atoms with E-state index >= 15 is 0 Å². The summed E-state index contributed by atoms with van der Waals surface area (Å²) in [6.07, 6.45) is 6.37. The van der Waals surface area contributed by atoms with Gasteiger partial charge in [-0.15, -0.1) is 0 Å². The van der Waals surface area contributed by atoms with Crippen LogP contribution in [0, 0.1) is 11.3 Å². The molecule has 3 fully saturated rings. The largest absolute Gasteiger partial charge is 0.472 e. The fourth-order valence-electron chi connectivity index (χ4n) is 5.33. The highest BCUT2D eigenvalue weighted by Gasteiger charge is 2.55. The molecule has 0 aliphatic carbocycles. The molecule has 3 aliphatic rings. The molecule has 0 spiro atoms. The summed E-state index contributed by atoms with van der Waals surface area (Å²) in [7, 11) is 0. The van der Waals surface area contributed by atoms with Crippen LogP contribution in [0.25, 0.3) is 0 Å². The summed E-state index contributed by atoms with van der Waals surface area (Å²) in [5.41, 5.74) is 0.0480. The van der Waals surface area contributed by atoms with Crippen molar-refractivity contribution in [2.75, 3.05) is 57.4 Å². The molecular formula is C23H28N4O4. The van der Waals surface area contributed by atoms with Gasteiger partial charge in [-0.3, -0.25) is 9.59 Å². The van der Waals surface area contributed by atoms with Gasteiger partial charge in [0.15, 0.2) is 0 Å². The van der Waals surface area contributed by atoms with Crippen LogP contribution in [0.4, 0.5) is 5.82 Å². The van der Waals surface area contributed by atoms with E-state index in [0.717, 1.165) is 18.7 Å². The molecule has 0 aromatic carbocycles. The topological polar surface area (TPSA) is 79.1 Å². The first-order valence-corrected chi connectivity index (χ1v) is 11.0. The number of amides is 2. The monoisotopic (exact) mass is 424 g/mol. The predicted molar refractivity (Wildman–Crippen MR) is 114 cm³/mol. The van der Waals surface area contributed by atoms with Crippen molar-refractivity contribution < 1.29 is 18.7 Å². The van der Waals surface area contributed by atoms with Crippen LogP contribution in [-0.4, -0.2) is 79.1 Å². The molecule has 2 aromatic heterocycles. The fraction of sp³-hybridized carbons (Fsp3) is 0.522. The Hall–Kier alpha value is -2.87. The van der Waals surface area contributed by atoms with E-state index in [9.17, 15) is 9.59 Å². The lowest BCUT2D eigenvalue weighted by atomic mass is 9.73. The minimum Gasteiger partial charge on any atom is -0.472 e. The first-order valence-electron chi connectivity index (χ1n) is 11.0. The van der Waals surface area contributed by atoms with Crippen molar-refractivity contribution in [2.45, 2.75) is 12.8 Å². The quantitative estimate of drug-likeness (QED) is 0.749. The molecule has 3 aliphatic heterocycles. The lowest BCUT2D eigenvalue weighted by Gasteiger charge is -2.38. The summed E-state index contributed by atoms with van der Waals surface area (Å²) in [5.74, 6) is 1.11. The van der Waals surface area contributed by atoms with Crippen LogP contribution in [0.1, 0.15) is 23.2 Å². The number of ether oxygens (including phenoxy) is 1. The second kappa shape index (κ2) is 8.34. The molecule has 0 N–H and O–H groups in total. The predicted octanol–water partition coefficient (Wildman–Crippen LogP) is 1.89. The number of pyridine rings is 1. The molecule has 5 heterocycles. The van der Waals surface area contributed by atoms with E-state index in [1.54, 1.807) is 12.3 Å². The normalized spacial score (nSPS) is 26.5. The second-order valence-corrected chi connectivity index (χ2v) is 8.69. The highest BCUT2D eigenvalue weighted by atomic mass is 16.5. The lowest BCUT2D eigenvalue weighted by Crippen LogP contribution is -2.53. The second-order valence-electron chi connectivity index (χ2n) is 8.69. The standard InChI is InChI=1S/C23H28N4O4/c28-21(18-5-11-31-16-18)26-8-3-6-23(22(29)25-9-12-30-13-10-25)17-27(15-19(23)14-26)20-4-1-2-7-24-20/h1-2,4-5,7,11,16,19H,3,6,8-10,12-15,17H2/t19-,23-/m1/s1. The van der Waals surface area contributed by atoms with Gasteiger partial charge in [-0.05, 0) is 31.0 Å². The van der Waals surface area contributed by atoms with Gasteiger partial charge in [0.25, 0.3) is 5.91 Å². The molecule has 164 valence electrons. The average Bonchev–Trinajstić information content (AvgIpc) is 3.45. The molecule has 0 radical (unpaired) electrons. The molecule has 0 saturated carbocycles. The fourth-order valence-corrected chi connectivity index (χ4v) is 5.33. The van der Waals surface area contributed by atoms with Gasteiger partial charge in [0.2, 0.25) is 5.91 Å². The Balaban J connectivity index is 1.45. The van der Waals surface area contributed by atoms with E-state index in [0.29, 0.717) is 58.0 Å². The summed E-state index contributed by atoms with van der Waals surface area (Å²) in [4.78, 5) is 37.6. The smallest absolute Gasteiger partial charge is 0.257 e. The number of hydrogen-bond acceptors (Lipinski definition) is 6. The van der Waals surface area contributed by atoms with Gasteiger partial charge in [-0.25, -0.2) is 4.98 Å². The zero-order valence-corrected chi connectivity index (χ0v) is 17.6. The van der Waals surface area contributed by atoms with Crippen LogP contribution in [0.15, 0.2) is 47.4 Å². The van der Waals surface area contributed by atoms with Crippen LogP contribution >= 0.6 is 0 Å². The van der Waals surface area contributed by atoms with E-state index in [1.165, 1.54) is 12.5 Å². The Morgan fingerprint density at radius 3 is 2.68 bits per heavy atom. The molecule has 8 heteroatoms. The summed E-state index contributed by atoms with van der Waals surface area (Å²) in [6.45, 7) is 5.00. The van der Waals surface area contributed by atoms with Crippen molar-refractivity contribution in [3.05, 3.63) is 48.6 Å². The van der Waals surface area contributed by atoms with Crippen molar-refractivity contribution in [1.82, 2.24) is 14.8 Å². The lowest BCUT2D eigenvalue weighted by molar-refractivity contribution is -0.148. The summed E-state index contributed by atoms with van der Waals surface area (Å²) >= 11 is 0. The van der Waals surface area contributed by atoms with Gasteiger partial charge in [0.05, 0.1) is 30.5 Å². The molecule has 2 aromatic rings. The van der Waals surface area contributed by atoms with E-state index in [2.05, 4.69) is 9.88 Å². The van der Waals surface area contributed by atoms with Crippen LogP contribution in [0.3, 0.4) is 0 Å². The Morgan fingerprint density at radius 1 is 1.06 bits per heavy atom. The maximum Gasteiger partial charge on any atom is 0.257 e. The number of rotatable bonds is 3. The molecule has 2 amide bonds. The van der Waals surface area contributed by atoms with Crippen molar-refractivity contribution in [3.63, 3.8) is 0 Å². The highest BCUT2D eigenvalue weighted by Crippen LogP contribution is 2.45. The van der Waals surface area contributed by atoms with Crippen molar-refractivity contribution in [1.29, 1.82) is 0 Å². The molecule has 3 saturated heterocycles. The van der Waals surface area contributed by atoms with Crippen LogP contribution < -0.4 is 4.90 Å². The molecule has 5 rings (SSSR count). The molecule has 2 atom stereocenters. The number of carbonyl (C=O) groups excluding carboxylic acids is 2. The van der Waals surface area contributed by atoms with Gasteiger partial charge >= 0.3 is 0 Å². The number of morpholine rings is 1. The molecule has 0 unspecified atom stereocenters. The third-order valence-electron chi connectivity index (χ3n) is 6.94. The average molecular weight is 425 g/mol. The zero-order chi connectivity index (χ0) is 21.3. The zero-order valence-electron chi connectivity index (χ0n) is 17.6. The maximum atomic E-state index is 13.9. The first-order chi connectivity index (χ1) is 15.2. The molecule has 0 bridgehead atoms. The number of anilines is 1. The molecule has 31 heavy (non-hydrogen) atoms. The minimum atomic E-state index is -0.514. The maximum absolute atomic E-state index is 13.9. The van der Waals surface area contributed by atoms with E-state index < -0.39 is 5.41 Å². The van der Waals surface area contributed by atoms with Gasteiger partial charge in [0, 0.05) is 51.4 Å². The van der Waals surface area contributed by atoms with E-state index in [4.69, 9.17) is 9.15 Å². The molecular weight excluding hydrogens is 396 g/mol. The summed E-state index contributed by atoms with van der Waals surface area (Å²) in [6, 6.07) is 7.57. The number of nitrogens with zero attached hydrogens (tertiary/aromatic N) is 4.